The van der Waals surface area contributed by atoms with Gasteiger partial charge in [0.2, 0.25) is 5.75 Å². The van der Waals surface area contributed by atoms with E-state index in [1.54, 1.807) is 0 Å². The Morgan fingerprint density at radius 2 is 1.66 bits per heavy atom. The molecule has 0 aliphatic carbocycles. The zero-order valence-electron chi connectivity index (χ0n) is 20.4. The summed E-state index contributed by atoms with van der Waals surface area (Å²) in [6.07, 6.45) is 0.718. The van der Waals surface area contributed by atoms with Gasteiger partial charge in [-0.05, 0) is 38.2 Å². The van der Waals surface area contributed by atoms with Crippen LogP contribution in [0.2, 0.25) is 0 Å². The van der Waals surface area contributed by atoms with E-state index < -0.39 is 18.5 Å². The summed E-state index contributed by atoms with van der Waals surface area (Å²) in [5, 5.41) is 0. The van der Waals surface area contributed by atoms with Crippen molar-refractivity contribution >= 4 is 18.4 Å². The van der Waals surface area contributed by atoms with Gasteiger partial charge in [-0.2, -0.15) is 0 Å². The van der Waals surface area contributed by atoms with Crippen LogP contribution >= 0.6 is 12.4 Å². The van der Waals surface area contributed by atoms with Gasteiger partial charge >= 0.3 is 5.97 Å². The Morgan fingerprint density at radius 3 is 2.10 bits per heavy atom. The normalized spacial score (nSPS) is 14.5. The van der Waals surface area contributed by atoms with Crippen molar-refractivity contribution in [3.8, 4) is 17.2 Å². The molecule has 2 aromatic carbocycles. The van der Waals surface area contributed by atoms with Gasteiger partial charge in [0, 0.05) is 0 Å². The predicted octanol–water partition coefficient (Wildman–Crippen LogP) is 4.16. The van der Waals surface area contributed by atoms with E-state index in [2.05, 4.69) is 0 Å². The summed E-state index contributed by atoms with van der Waals surface area (Å²) in [5.74, 6) is -0.589. The van der Waals surface area contributed by atoms with Crippen LogP contribution in [0.1, 0.15) is 33.4 Å². The minimum absolute atomic E-state index is 0. The molecule has 2 rings (SSSR count). The smallest absolute Gasteiger partial charge is 0.338 e. The second kappa shape index (κ2) is 10.9. The Kier molecular flexibility index (Phi) is 7.48. The van der Waals surface area contributed by atoms with Crippen LogP contribution < -0.4 is 14.2 Å². The van der Waals surface area contributed by atoms with Crippen LogP contribution in [0.5, 0.6) is 17.2 Å². The molecule has 0 aliphatic rings. The first-order chi connectivity index (χ1) is 14.6. The number of methoxy groups -OCH3 is 3. The minimum Gasteiger partial charge on any atom is -0.493 e. The van der Waals surface area contributed by atoms with Gasteiger partial charge in [-0.15, -0.1) is 12.4 Å². The van der Waals surface area contributed by atoms with E-state index in [1.165, 1.54) is 26.4 Å². The predicted molar refractivity (Wildman–Crippen MR) is 116 cm³/mol. The average molecular weight is 427 g/mol. The van der Waals surface area contributed by atoms with Crippen molar-refractivity contribution in [3.05, 3.63) is 53.6 Å². The Hall–Kier alpha value is -2.44. The first-order valence-electron chi connectivity index (χ1n) is 10.4. The Labute approximate surface area is 183 Å². The number of benzene rings is 2. The second-order valence-corrected chi connectivity index (χ2v) is 6.53. The summed E-state index contributed by atoms with van der Waals surface area (Å²) in [7, 11) is 3.87. The number of esters is 1. The van der Waals surface area contributed by atoms with Gasteiger partial charge < -0.3 is 18.9 Å². The number of hydrogen-bond acceptors (Lipinski definition) is 6. The number of carbonyl (C=O) groups excluding carboxylic acids is 1. The maximum atomic E-state index is 12.9. The van der Waals surface area contributed by atoms with Gasteiger partial charge in [0.05, 0.1) is 36.5 Å². The first-order valence-corrected chi connectivity index (χ1v) is 8.93. The van der Waals surface area contributed by atoms with E-state index in [4.69, 9.17) is 23.1 Å². The third-order valence-electron chi connectivity index (χ3n) is 4.99. The summed E-state index contributed by atoms with van der Waals surface area (Å²) in [5.41, 5.74) is 0.686. The summed E-state index contributed by atoms with van der Waals surface area (Å²) < 4.78 is 43.1. The fraction of sp³-hybridized carbons (Fsp3) is 0.409. The molecule has 160 valence electrons. The zero-order chi connectivity index (χ0) is 23.2. The SMILES string of the molecule is Cl.[2H]C([2H])([2H])Oc1c(OC)cc(C(=O)OCC(CC)(c2ccccc2)N(C)C)cc1OC. The zero-order valence-corrected chi connectivity index (χ0v) is 18.2. The van der Waals surface area contributed by atoms with Crippen LogP contribution in [0, 0.1) is 0 Å². The average Bonchev–Trinajstić information content (AvgIpc) is 2.73. The molecule has 0 saturated carbocycles. The second-order valence-electron chi connectivity index (χ2n) is 6.53. The van der Waals surface area contributed by atoms with Gasteiger partial charge in [-0.25, -0.2) is 4.79 Å². The third kappa shape index (κ3) is 5.14. The van der Waals surface area contributed by atoms with Gasteiger partial charge in [-0.3, -0.25) is 4.90 Å². The molecule has 29 heavy (non-hydrogen) atoms. The maximum Gasteiger partial charge on any atom is 0.338 e. The summed E-state index contributed by atoms with van der Waals surface area (Å²) >= 11 is 0. The maximum absolute atomic E-state index is 12.9. The molecule has 1 atom stereocenters. The van der Waals surface area contributed by atoms with E-state index >= 15 is 0 Å². The molecule has 2 aromatic rings. The lowest BCUT2D eigenvalue weighted by molar-refractivity contribution is 0.0119. The molecule has 0 bridgehead atoms. The van der Waals surface area contributed by atoms with E-state index in [0.29, 0.717) is 0 Å². The topological polar surface area (TPSA) is 57.2 Å². The number of ether oxygens (including phenoxy) is 4. The molecule has 0 radical (unpaired) electrons. The summed E-state index contributed by atoms with van der Waals surface area (Å²) in [6.45, 7) is 2.16. The Bertz CT molecular complexity index is 868. The molecule has 7 heteroatoms. The number of rotatable bonds is 9. The van der Waals surface area contributed by atoms with E-state index in [9.17, 15) is 4.79 Å². The molecule has 0 saturated heterocycles. The van der Waals surface area contributed by atoms with Crippen molar-refractivity contribution in [2.24, 2.45) is 0 Å². The molecule has 0 amide bonds. The van der Waals surface area contributed by atoms with Crippen molar-refractivity contribution in [3.63, 3.8) is 0 Å². The van der Waals surface area contributed by atoms with E-state index in [1.807, 2.05) is 56.3 Å². The number of halogens is 1. The van der Waals surface area contributed by atoms with E-state index in [-0.39, 0.29) is 41.8 Å². The highest BCUT2D eigenvalue weighted by atomic mass is 35.5. The van der Waals surface area contributed by atoms with Crippen LogP contribution in [-0.4, -0.2) is 52.8 Å². The van der Waals surface area contributed by atoms with Gasteiger partial charge in [-0.1, -0.05) is 37.3 Å². The molecular weight excluding hydrogens is 394 g/mol. The van der Waals surface area contributed by atoms with Gasteiger partial charge in [0.25, 0.3) is 0 Å². The van der Waals surface area contributed by atoms with Crippen LogP contribution in [0.15, 0.2) is 42.5 Å². The molecule has 0 heterocycles. The summed E-state index contributed by atoms with van der Waals surface area (Å²) in [4.78, 5) is 14.9. The number of hydrogen-bond donors (Lipinski definition) is 0. The Morgan fingerprint density at radius 1 is 1.07 bits per heavy atom. The lowest BCUT2D eigenvalue weighted by atomic mass is 9.87. The van der Waals surface area contributed by atoms with Crippen molar-refractivity contribution in [1.29, 1.82) is 0 Å². The first kappa shape index (κ1) is 19.9. The molecule has 6 nitrogen and oxygen atoms in total. The van der Waals surface area contributed by atoms with E-state index in [0.717, 1.165) is 12.0 Å². The largest absolute Gasteiger partial charge is 0.493 e. The third-order valence-corrected chi connectivity index (χ3v) is 4.99. The van der Waals surface area contributed by atoms with Crippen LogP contribution in [0.3, 0.4) is 0 Å². The fourth-order valence-electron chi connectivity index (χ4n) is 3.21. The quantitative estimate of drug-likeness (QED) is 0.561. The molecular formula is C22H30ClNO5. The van der Waals surface area contributed by atoms with Crippen molar-refractivity contribution in [2.45, 2.75) is 18.9 Å². The van der Waals surface area contributed by atoms with Crippen LogP contribution in [0.4, 0.5) is 0 Å². The van der Waals surface area contributed by atoms with Crippen molar-refractivity contribution in [1.82, 2.24) is 4.90 Å². The lowest BCUT2D eigenvalue weighted by Gasteiger charge is -2.39. The summed E-state index contributed by atoms with van der Waals surface area (Å²) in [6, 6.07) is 12.6. The van der Waals surface area contributed by atoms with Crippen molar-refractivity contribution < 1.29 is 27.9 Å². The van der Waals surface area contributed by atoms with Crippen LogP contribution in [-0.2, 0) is 10.3 Å². The highest BCUT2D eigenvalue weighted by Gasteiger charge is 2.34. The molecule has 0 fully saturated rings. The molecule has 0 N–H and O–H groups in total. The van der Waals surface area contributed by atoms with Crippen LogP contribution in [0.25, 0.3) is 0 Å². The lowest BCUT2D eigenvalue weighted by Crippen LogP contribution is -2.45. The van der Waals surface area contributed by atoms with Gasteiger partial charge in [0.15, 0.2) is 11.5 Å². The number of carbonyl (C=O) groups is 1. The fourth-order valence-corrected chi connectivity index (χ4v) is 3.21. The molecule has 1 unspecified atom stereocenters. The highest BCUT2D eigenvalue weighted by molar-refractivity contribution is 5.91. The number of nitrogens with zero attached hydrogens (tertiary/aromatic N) is 1. The van der Waals surface area contributed by atoms with Gasteiger partial charge in [0.1, 0.15) is 6.61 Å². The van der Waals surface area contributed by atoms with Crippen molar-refractivity contribution in [2.75, 3.05) is 42.0 Å². The highest BCUT2D eigenvalue weighted by Crippen LogP contribution is 2.38. The number of likely N-dealkylation sites (N-methyl/N-ethyl adjacent to an activating group) is 1. The molecule has 0 aromatic heterocycles. The minimum atomic E-state index is -2.70. The molecule has 0 aliphatic heterocycles. The monoisotopic (exact) mass is 426 g/mol. The Balaban J connectivity index is 0.00000512. The standard InChI is InChI=1S/C22H29NO5.ClH/c1-7-22(23(2)3,17-11-9-8-10-12-17)15-28-21(24)16-13-18(25-4)20(27-6)19(14-16)26-5;/h8-14H,7,15H2,1-6H3;1H/i6D3;. The molecule has 0 spiro atoms.